The molecule has 1 aliphatic rings. The molecule has 0 radical (unpaired) electrons. The maximum atomic E-state index is 12.0. The number of fused-ring (bicyclic) bond motifs is 1. The predicted molar refractivity (Wildman–Crippen MR) is 75.2 cm³/mol. The molecule has 0 saturated heterocycles. The minimum atomic E-state index is -3.80. The molecule has 7 heteroatoms. The quantitative estimate of drug-likeness (QED) is 0.909. The minimum Gasteiger partial charge on any atom is -0.486 e. The van der Waals surface area contributed by atoms with E-state index in [0.29, 0.717) is 24.4 Å². The van der Waals surface area contributed by atoms with Crippen LogP contribution >= 0.6 is 0 Å². The zero-order chi connectivity index (χ0) is 14.9. The van der Waals surface area contributed by atoms with Gasteiger partial charge in [-0.15, -0.1) is 0 Å². The average Bonchev–Trinajstić information content (AvgIpc) is 2.43. The van der Waals surface area contributed by atoms with Crippen molar-refractivity contribution in [1.82, 2.24) is 0 Å². The first kappa shape index (κ1) is 14.8. The molecule has 110 valence electrons. The van der Waals surface area contributed by atoms with Crippen molar-refractivity contribution in [2.24, 2.45) is 5.14 Å². The third kappa shape index (κ3) is 2.78. The summed E-state index contributed by atoms with van der Waals surface area (Å²) in [5.41, 5.74) is 0.466. The van der Waals surface area contributed by atoms with E-state index in [1.54, 1.807) is 17.9 Å². The highest BCUT2D eigenvalue weighted by Gasteiger charge is 2.29. The number of carbonyl (C=O) groups excluding carboxylic acids is 1. The van der Waals surface area contributed by atoms with E-state index in [-0.39, 0.29) is 16.9 Å². The molecule has 1 amide bonds. The van der Waals surface area contributed by atoms with Gasteiger partial charge in [0.05, 0.1) is 17.1 Å². The van der Waals surface area contributed by atoms with Crippen molar-refractivity contribution >= 4 is 21.6 Å². The van der Waals surface area contributed by atoms with Crippen LogP contribution in [0.5, 0.6) is 5.75 Å². The van der Waals surface area contributed by atoms with Gasteiger partial charge in [0.1, 0.15) is 11.9 Å². The Hall–Kier alpha value is -1.60. The van der Waals surface area contributed by atoms with Crippen molar-refractivity contribution in [2.45, 2.75) is 37.7 Å². The van der Waals surface area contributed by atoms with Crippen molar-refractivity contribution in [3.05, 3.63) is 18.2 Å². The lowest BCUT2D eigenvalue weighted by molar-refractivity contribution is -0.118. The molecular weight excluding hydrogens is 280 g/mol. The van der Waals surface area contributed by atoms with E-state index in [1.165, 1.54) is 12.1 Å². The van der Waals surface area contributed by atoms with Crippen molar-refractivity contribution in [2.75, 3.05) is 11.4 Å². The van der Waals surface area contributed by atoms with Crippen LogP contribution in [-0.2, 0) is 14.8 Å². The Morgan fingerprint density at radius 3 is 2.70 bits per heavy atom. The lowest BCUT2D eigenvalue weighted by atomic mass is 10.1. The number of hydrogen-bond donors (Lipinski definition) is 1. The van der Waals surface area contributed by atoms with Gasteiger partial charge < -0.3 is 9.64 Å². The Labute approximate surface area is 118 Å². The summed E-state index contributed by atoms with van der Waals surface area (Å²) in [5.74, 6) is 0.442. The SMILES string of the molecule is CCC(=O)N1CC(CC)Oc2ccc(S(N)(=O)=O)cc21. The number of ether oxygens (including phenoxy) is 1. The fraction of sp³-hybridized carbons (Fsp3) is 0.462. The third-order valence-corrected chi connectivity index (χ3v) is 4.20. The van der Waals surface area contributed by atoms with Gasteiger partial charge in [-0.05, 0) is 24.6 Å². The average molecular weight is 298 g/mol. The van der Waals surface area contributed by atoms with Gasteiger partial charge in [-0.25, -0.2) is 13.6 Å². The number of nitrogens with zero attached hydrogens (tertiary/aromatic N) is 1. The lowest BCUT2D eigenvalue weighted by Crippen LogP contribution is -2.43. The summed E-state index contributed by atoms with van der Waals surface area (Å²) < 4.78 is 28.6. The zero-order valence-corrected chi connectivity index (χ0v) is 12.3. The van der Waals surface area contributed by atoms with Crippen LogP contribution in [0.15, 0.2) is 23.1 Å². The summed E-state index contributed by atoms with van der Waals surface area (Å²) in [5, 5.41) is 5.13. The fourth-order valence-corrected chi connectivity index (χ4v) is 2.68. The van der Waals surface area contributed by atoms with E-state index in [1.807, 2.05) is 6.92 Å². The third-order valence-electron chi connectivity index (χ3n) is 3.29. The van der Waals surface area contributed by atoms with E-state index >= 15 is 0 Å². The summed E-state index contributed by atoms with van der Waals surface area (Å²) in [6.07, 6.45) is 1.03. The number of anilines is 1. The Morgan fingerprint density at radius 1 is 1.45 bits per heavy atom. The van der Waals surface area contributed by atoms with Gasteiger partial charge in [0.2, 0.25) is 15.9 Å². The van der Waals surface area contributed by atoms with E-state index in [2.05, 4.69) is 0 Å². The van der Waals surface area contributed by atoms with Gasteiger partial charge in [-0.3, -0.25) is 4.79 Å². The van der Waals surface area contributed by atoms with E-state index in [9.17, 15) is 13.2 Å². The van der Waals surface area contributed by atoms with Gasteiger partial charge in [-0.1, -0.05) is 13.8 Å². The van der Waals surface area contributed by atoms with Crippen LogP contribution in [-0.4, -0.2) is 27.0 Å². The largest absolute Gasteiger partial charge is 0.486 e. The molecule has 0 aliphatic carbocycles. The summed E-state index contributed by atoms with van der Waals surface area (Å²) in [7, 11) is -3.80. The van der Waals surface area contributed by atoms with Crippen molar-refractivity contribution in [3.63, 3.8) is 0 Å². The molecule has 2 N–H and O–H groups in total. The van der Waals surface area contributed by atoms with Crippen LogP contribution < -0.4 is 14.8 Å². The Balaban J connectivity index is 2.51. The normalized spacial score (nSPS) is 18.4. The maximum Gasteiger partial charge on any atom is 0.238 e. The number of nitrogens with two attached hydrogens (primary N) is 1. The topological polar surface area (TPSA) is 89.7 Å². The van der Waals surface area contributed by atoms with Gasteiger partial charge in [0.15, 0.2) is 0 Å². The number of primary sulfonamides is 1. The molecule has 1 heterocycles. The fourth-order valence-electron chi connectivity index (χ4n) is 2.14. The number of rotatable bonds is 3. The second kappa shape index (κ2) is 5.41. The van der Waals surface area contributed by atoms with E-state index < -0.39 is 10.0 Å². The molecule has 1 aliphatic heterocycles. The molecule has 1 unspecified atom stereocenters. The predicted octanol–water partition coefficient (Wildman–Crippen LogP) is 1.25. The molecule has 1 atom stereocenters. The highest BCUT2D eigenvalue weighted by Crippen LogP contribution is 2.36. The van der Waals surface area contributed by atoms with E-state index in [4.69, 9.17) is 9.88 Å². The minimum absolute atomic E-state index is 0.0244. The highest BCUT2D eigenvalue weighted by atomic mass is 32.2. The summed E-state index contributed by atoms with van der Waals surface area (Å²) in [6, 6.07) is 4.33. The molecule has 0 aromatic heterocycles. The second-order valence-corrected chi connectivity index (χ2v) is 6.24. The van der Waals surface area contributed by atoms with Crippen LogP contribution in [0.4, 0.5) is 5.69 Å². The Bertz CT molecular complexity index is 627. The smallest absolute Gasteiger partial charge is 0.238 e. The monoisotopic (exact) mass is 298 g/mol. The molecule has 20 heavy (non-hydrogen) atoms. The molecule has 0 bridgehead atoms. The first-order valence-corrected chi connectivity index (χ1v) is 8.05. The standard InChI is InChI=1S/C13H18N2O4S/c1-3-9-8-15(13(16)4-2)11-7-10(20(14,17)18)5-6-12(11)19-9/h5-7,9H,3-4,8H2,1-2H3,(H2,14,17,18). The number of sulfonamides is 1. The Kier molecular flexibility index (Phi) is 4.01. The molecule has 1 aromatic carbocycles. The molecule has 0 fully saturated rings. The number of carbonyl (C=O) groups is 1. The molecule has 6 nitrogen and oxygen atoms in total. The van der Waals surface area contributed by atoms with Gasteiger partial charge in [0.25, 0.3) is 0 Å². The number of hydrogen-bond acceptors (Lipinski definition) is 4. The molecule has 0 saturated carbocycles. The molecular formula is C13H18N2O4S. The molecule has 0 spiro atoms. The van der Waals surface area contributed by atoms with Crippen LogP contribution in [0.1, 0.15) is 26.7 Å². The number of amides is 1. The van der Waals surface area contributed by atoms with Crippen molar-refractivity contribution in [1.29, 1.82) is 0 Å². The maximum absolute atomic E-state index is 12.0. The van der Waals surface area contributed by atoms with Gasteiger partial charge in [-0.2, -0.15) is 0 Å². The van der Waals surface area contributed by atoms with Gasteiger partial charge in [0, 0.05) is 6.42 Å². The zero-order valence-electron chi connectivity index (χ0n) is 11.5. The first-order valence-electron chi connectivity index (χ1n) is 6.50. The van der Waals surface area contributed by atoms with Crippen LogP contribution in [0.25, 0.3) is 0 Å². The van der Waals surface area contributed by atoms with E-state index in [0.717, 1.165) is 6.42 Å². The Morgan fingerprint density at radius 2 is 2.15 bits per heavy atom. The van der Waals surface area contributed by atoms with Crippen LogP contribution in [0.3, 0.4) is 0 Å². The van der Waals surface area contributed by atoms with Crippen LogP contribution in [0, 0.1) is 0 Å². The number of benzene rings is 1. The highest BCUT2D eigenvalue weighted by molar-refractivity contribution is 7.89. The molecule has 1 aromatic rings. The summed E-state index contributed by atoms with van der Waals surface area (Å²) in [4.78, 5) is 13.6. The first-order chi connectivity index (χ1) is 9.36. The summed E-state index contributed by atoms with van der Waals surface area (Å²) >= 11 is 0. The second-order valence-electron chi connectivity index (χ2n) is 4.68. The summed E-state index contributed by atoms with van der Waals surface area (Å²) in [6.45, 7) is 4.16. The van der Waals surface area contributed by atoms with Crippen molar-refractivity contribution in [3.8, 4) is 5.75 Å². The van der Waals surface area contributed by atoms with Gasteiger partial charge >= 0.3 is 0 Å². The molecule has 2 rings (SSSR count). The lowest BCUT2D eigenvalue weighted by Gasteiger charge is -2.34. The van der Waals surface area contributed by atoms with Crippen molar-refractivity contribution < 1.29 is 17.9 Å². The van der Waals surface area contributed by atoms with Crippen LogP contribution in [0.2, 0.25) is 0 Å².